The van der Waals surface area contributed by atoms with Gasteiger partial charge in [-0.2, -0.15) is 0 Å². The van der Waals surface area contributed by atoms with E-state index in [0.29, 0.717) is 18.3 Å². The van der Waals surface area contributed by atoms with Crippen LogP contribution in [0.2, 0.25) is 0 Å². The molecule has 1 amide bonds. The first-order valence-corrected chi connectivity index (χ1v) is 5.20. The average Bonchev–Trinajstić information content (AvgIpc) is 2.69. The number of aromatic amines is 1. The monoisotopic (exact) mass is 210 g/mol. The second-order valence-electron chi connectivity index (χ2n) is 3.68. The summed E-state index contributed by atoms with van der Waals surface area (Å²) >= 11 is 0. The number of carbonyl (C=O) groups excluding carboxylic acids is 1. The maximum atomic E-state index is 11.4. The molecule has 0 fully saturated rings. The molecule has 1 rings (SSSR count). The van der Waals surface area contributed by atoms with Crippen molar-refractivity contribution in [3.8, 4) is 0 Å². The molecule has 84 valence electrons. The van der Waals surface area contributed by atoms with Crippen molar-refractivity contribution in [2.75, 3.05) is 13.1 Å². The molecule has 0 aliphatic rings. The van der Waals surface area contributed by atoms with Gasteiger partial charge in [-0.25, -0.2) is 4.98 Å². The lowest BCUT2D eigenvalue weighted by molar-refractivity contribution is 0.0949. The highest BCUT2D eigenvalue weighted by atomic mass is 16.1. The van der Waals surface area contributed by atoms with E-state index in [1.807, 2.05) is 0 Å². The van der Waals surface area contributed by atoms with Crippen LogP contribution in [0.3, 0.4) is 0 Å². The highest BCUT2D eigenvalue weighted by Gasteiger charge is 2.04. The van der Waals surface area contributed by atoms with Gasteiger partial charge in [0, 0.05) is 12.6 Å². The van der Waals surface area contributed by atoms with E-state index in [2.05, 4.69) is 34.4 Å². The van der Waals surface area contributed by atoms with Crippen molar-refractivity contribution >= 4 is 5.91 Å². The zero-order valence-corrected chi connectivity index (χ0v) is 9.21. The predicted molar refractivity (Wildman–Crippen MR) is 58.7 cm³/mol. The molecule has 0 atom stereocenters. The molecule has 0 radical (unpaired) electrons. The molecular formula is C10H18N4O. The van der Waals surface area contributed by atoms with Gasteiger partial charge in [-0.05, 0) is 13.0 Å². The molecule has 0 spiro atoms. The molecule has 5 heteroatoms. The van der Waals surface area contributed by atoms with Crippen LogP contribution in [0.4, 0.5) is 0 Å². The fraction of sp³-hybridized carbons (Fsp3) is 0.600. The van der Waals surface area contributed by atoms with Gasteiger partial charge in [0.25, 0.3) is 5.91 Å². The summed E-state index contributed by atoms with van der Waals surface area (Å²) in [6.45, 7) is 5.80. The molecule has 5 nitrogen and oxygen atoms in total. The van der Waals surface area contributed by atoms with Crippen molar-refractivity contribution in [2.45, 2.75) is 26.3 Å². The third-order valence-corrected chi connectivity index (χ3v) is 1.93. The Morgan fingerprint density at radius 3 is 2.93 bits per heavy atom. The summed E-state index contributed by atoms with van der Waals surface area (Å²) in [5.74, 6) is -0.1000. The van der Waals surface area contributed by atoms with E-state index in [4.69, 9.17) is 0 Å². The summed E-state index contributed by atoms with van der Waals surface area (Å²) in [5, 5.41) is 6.09. The Labute approximate surface area is 89.7 Å². The zero-order valence-electron chi connectivity index (χ0n) is 9.21. The number of hydrogen-bond acceptors (Lipinski definition) is 3. The van der Waals surface area contributed by atoms with E-state index in [1.165, 1.54) is 12.5 Å². The van der Waals surface area contributed by atoms with E-state index in [9.17, 15) is 4.79 Å². The largest absolute Gasteiger partial charge is 0.351 e. The van der Waals surface area contributed by atoms with Crippen molar-refractivity contribution < 1.29 is 4.79 Å². The van der Waals surface area contributed by atoms with Crippen molar-refractivity contribution in [3.63, 3.8) is 0 Å². The first-order chi connectivity index (χ1) is 7.20. The van der Waals surface area contributed by atoms with Crippen molar-refractivity contribution in [1.29, 1.82) is 0 Å². The minimum Gasteiger partial charge on any atom is -0.351 e. The van der Waals surface area contributed by atoms with Crippen LogP contribution in [0.5, 0.6) is 0 Å². The van der Waals surface area contributed by atoms with Crippen molar-refractivity contribution in [3.05, 3.63) is 18.2 Å². The Balaban J connectivity index is 2.08. The fourth-order valence-corrected chi connectivity index (χ4v) is 1.16. The standard InChI is InChI=1S/C10H18N4O/c1-8(2)12-4-3-5-13-10(15)9-6-11-7-14-9/h6-8,12H,3-5H2,1-2H3,(H,11,14)(H,13,15). The number of H-pyrrole nitrogens is 1. The molecule has 0 aromatic carbocycles. The predicted octanol–water partition coefficient (Wildman–Crippen LogP) is 0.528. The van der Waals surface area contributed by atoms with Gasteiger partial charge in [0.05, 0.1) is 12.5 Å². The molecule has 1 aromatic heterocycles. The number of nitrogens with one attached hydrogen (secondary N) is 3. The molecule has 15 heavy (non-hydrogen) atoms. The summed E-state index contributed by atoms with van der Waals surface area (Å²) in [4.78, 5) is 17.9. The minimum absolute atomic E-state index is 0.1000. The van der Waals surface area contributed by atoms with Gasteiger partial charge in [0.2, 0.25) is 0 Å². The molecule has 0 unspecified atom stereocenters. The quantitative estimate of drug-likeness (QED) is 0.600. The maximum absolute atomic E-state index is 11.4. The lowest BCUT2D eigenvalue weighted by Gasteiger charge is -2.07. The van der Waals surface area contributed by atoms with E-state index in [1.54, 1.807) is 0 Å². The van der Waals surface area contributed by atoms with Gasteiger partial charge >= 0.3 is 0 Å². The van der Waals surface area contributed by atoms with Gasteiger partial charge in [-0.1, -0.05) is 13.8 Å². The number of carbonyl (C=O) groups is 1. The van der Waals surface area contributed by atoms with E-state index < -0.39 is 0 Å². The third kappa shape index (κ3) is 4.60. The lowest BCUT2D eigenvalue weighted by Crippen LogP contribution is -2.29. The maximum Gasteiger partial charge on any atom is 0.269 e. The van der Waals surface area contributed by atoms with Crippen LogP contribution in [0.1, 0.15) is 30.8 Å². The Bertz CT molecular complexity index is 282. The number of aromatic nitrogens is 2. The molecule has 0 aliphatic heterocycles. The summed E-state index contributed by atoms with van der Waals surface area (Å²) in [7, 11) is 0. The smallest absolute Gasteiger partial charge is 0.269 e. The first kappa shape index (κ1) is 11.7. The van der Waals surface area contributed by atoms with Crippen LogP contribution in [0, 0.1) is 0 Å². The van der Waals surface area contributed by atoms with E-state index in [-0.39, 0.29) is 5.91 Å². The normalized spacial score (nSPS) is 10.6. The second kappa shape index (κ2) is 6.19. The van der Waals surface area contributed by atoms with Gasteiger partial charge in [0.15, 0.2) is 0 Å². The minimum atomic E-state index is -0.1000. The number of rotatable bonds is 6. The fourth-order valence-electron chi connectivity index (χ4n) is 1.16. The topological polar surface area (TPSA) is 69.8 Å². The van der Waals surface area contributed by atoms with Crippen molar-refractivity contribution in [2.24, 2.45) is 0 Å². The Hall–Kier alpha value is -1.36. The van der Waals surface area contributed by atoms with E-state index >= 15 is 0 Å². The van der Waals surface area contributed by atoms with Crippen LogP contribution in [-0.2, 0) is 0 Å². The lowest BCUT2D eigenvalue weighted by atomic mass is 10.3. The average molecular weight is 210 g/mol. The zero-order chi connectivity index (χ0) is 11.1. The molecule has 0 aliphatic carbocycles. The van der Waals surface area contributed by atoms with Gasteiger partial charge < -0.3 is 15.6 Å². The van der Waals surface area contributed by atoms with Gasteiger partial charge in [-0.15, -0.1) is 0 Å². The molecular weight excluding hydrogens is 192 g/mol. The second-order valence-corrected chi connectivity index (χ2v) is 3.68. The summed E-state index contributed by atoms with van der Waals surface area (Å²) < 4.78 is 0. The van der Waals surface area contributed by atoms with Crippen molar-refractivity contribution in [1.82, 2.24) is 20.6 Å². The molecule has 1 heterocycles. The molecule has 3 N–H and O–H groups in total. The highest BCUT2D eigenvalue weighted by Crippen LogP contribution is 1.89. The summed E-state index contributed by atoms with van der Waals surface area (Å²) in [6, 6.07) is 0.494. The van der Waals surface area contributed by atoms with Crippen LogP contribution in [0.25, 0.3) is 0 Å². The third-order valence-electron chi connectivity index (χ3n) is 1.93. The van der Waals surface area contributed by atoms with Gasteiger partial charge in [-0.3, -0.25) is 4.79 Å². The Morgan fingerprint density at radius 2 is 2.33 bits per heavy atom. The molecule has 0 bridgehead atoms. The highest BCUT2D eigenvalue weighted by molar-refractivity contribution is 5.91. The van der Waals surface area contributed by atoms with Crippen LogP contribution in [-0.4, -0.2) is 35.0 Å². The van der Waals surface area contributed by atoms with Crippen LogP contribution in [0.15, 0.2) is 12.5 Å². The van der Waals surface area contributed by atoms with Gasteiger partial charge in [0.1, 0.15) is 5.69 Å². The Kier molecular flexibility index (Phi) is 4.83. The van der Waals surface area contributed by atoms with Crippen LogP contribution >= 0.6 is 0 Å². The number of nitrogens with zero attached hydrogens (tertiary/aromatic N) is 1. The van der Waals surface area contributed by atoms with E-state index in [0.717, 1.165) is 13.0 Å². The Morgan fingerprint density at radius 1 is 1.53 bits per heavy atom. The molecule has 0 saturated carbocycles. The first-order valence-electron chi connectivity index (χ1n) is 5.20. The summed E-state index contributed by atoms with van der Waals surface area (Å²) in [6.07, 6.45) is 3.94. The SMILES string of the molecule is CC(C)NCCCNC(=O)c1cnc[nH]1. The number of hydrogen-bond donors (Lipinski definition) is 3. The number of amides is 1. The number of imidazole rings is 1. The molecule has 1 aromatic rings. The summed E-state index contributed by atoms with van der Waals surface area (Å²) in [5.41, 5.74) is 0.506. The molecule has 0 saturated heterocycles. The van der Waals surface area contributed by atoms with Crippen LogP contribution < -0.4 is 10.6 Å².